The Hall–Kier alpha value is 0.944. The van der Waals surface area contributed by atoms with Gasteiger partial charge in [-0.15, -0.1) is 0 Å². The minimum atomic E-state index is -3.66. The maximum atomic E-state index is 5.28. The molecule has 0 aliphatic heterocycles. The first-order valence-corrected chi connectivity index (χ1v) is 9.18. The molecule has 11 heavy (non-hydrogen) atoms. The number of hydrogen-bond donors (Lipinski definition) is 1. The first-order valence-electron chi connectivity index (χ1n) is 3.62. The van der Waals surface area contributed by atoms with Crippen LogP contribution in [0.15, 0.2) is 0 Å². The topological polar surface area (TPSA) is 27.7 Å². The predicted molar refractivity (Wildman–Crippen MR) is 45.1 cm³/mol. The monoisotopic (exact) mass is 217 g/mol. The van der Waals surface area contributed by atoms with Gasteiger partial charge in [-0.2, -0.15) is 0 Å². The zero-order chi connectivity index (χ0) is 8.98. The Kier molecular flexibility index (Phi) is 4.62. The Morgan fingerprint density at radius 1 is 1.09 bits per heavy atom. The van der Waals surface area contributed by atoms with E-state index in [-0.39, 0.29) is 0 Å². The van der Waals surface area contributed by atoms with Crippen molar-refractivity contribution in [3.05, 3.63) is 0 Å². The quantitative estimate of drug-likeness (QED) is 0.564. The summed E-state index contributed by atoms with van der Waals surface area (Å²) < 4.78 is 16.6. The fraction of sp³-hybridized carbons (Fsp3) is 1.00. The second kappa shape index (κ2) is 4.26. The number of hydrogen-bond acceptors (Lipinski definition) is 4. The van der Waals surface area contributed by atoms with Crippen LogP contribution in [0.4, 0.5) is 0 Å². The van der Waals surface area contributed by atoms with Gasteiger partial charge in [-0.1, -0.05) is 0 Å². The molecule has 0 aromatic carbocycles. The summed E-state index contributed by atoms with van der Waals surface area (Å²) >= 11 is -3.66. The van der Waals surface area contributed by atoms with Gasteiger partial charge in [0.2, 0.25) is 0 Å². The van der Waals surface area contributed by atoms with Gasteiger partial charge in [-0.05, 0) is 0 Å². The van der Waals surface area contributed by atoms with E-state index >= 15 is 0 Å². The van der Waals surface area contributed by atoms with Crippen molar-refractivity contribution in [2.75, 3.05) is 21.3 Å². The third kappa shape index (κ3) is 2.72. The molecule has 0 aromatic rings. The van der Waals surface area contributed by atoms with E-state index in [2.05, 4.69) is 17.1 Å². The second-order valence-corrected chi connectivity index (χ2v) is 12.2. The van der Waals surface area contributed by atoms with Crippen LogP contribution >= 0.6 is 10.2 Å². The molecule has 0 spiro atoms. The minimum absolute atomic E-state index is 0.768. The molecule has 0 aromatic heterocycles. The summed E-state index contributed by atoms with van der Waals surface area (Å²) in [6.45, 7) is 2.05. The number of thiol groups is 1. The van der Waals surface area contributed by atoms with Crippen molar-refractivity contribution in [2.24, 2.45) is 0 Å². The fourth-order valence-corrected chi connectivity index (χ4v) is 4.94. The van der Waals surface area contributed by atoms with Crippen LogP contribution in [0.1, 0.15) is 13.3 Å². The zero-order valence-corrected chi connectivity index (χ0v) is 10.0. The van der Waals surface area contributed by atoms with Crippen molar-refractivity contribution in [1.82, 2.24) is 0 Å². The van der Waals surface area contributed by atoms with Gasteiger partial charge in [0.25, 0.3) is 0 Å². The molecule has 0 saturated heterocycles. The summed E-state index contributed by atoms with van der Waals surface area (Å²) in [6, 6.07) is 0. The van der Waals surface area contributed by atoms with Gasteiger partial charge in [0, 0.05) is 0 Å². The standard InChI is InChI=1S/C3H7.3CH3O.H2S.Ti/c1-3-2;3*1-2;;/h1,3H2,2H3;3*1H3;1H2;/q;3*-1;;+4/p-1. The average molecular weight is 217 g/mol. The van der Waals surface area contributed by atoms with Gasteiger partial charge in [-0.3, -0.25) is 0 Å². The Morgan fingerprint density at radius 2 is 1.45 bits per heavy atom. The Bertz CT molecular complexity index is 116. The Labute approximate surface area is 74.8 Å². The van der Waals surface area contributed by atoms with Crippen LogP contribution in [0.3, 0.4) is 0 Å². The average Bonchev–Trinajstić information content (AvgIpc) is 2.06. The molecule has 3 nitrogen and oxygen atoms in total. The molecule has 5 heteroatoms. The maximum absolute atomic E-state index is 5.28. The van der Waals surface area contributed by atoms with Crippen molar-refractivity contribution >= 4 is 10.2 Å². The van der Waals surface area contributed by atoms with Crippen LogP contribution in [0.2, 0.25) is 4.73 Å². The molecular formula is C6H17O3STi. The van der Waals surface area contributed by atoms with E-state index in [0.29, 0.717) is 0 Å². The van der Waals surface area contributed by atoms with E-state index in [1.165, 1.54) is 0 Å². The van der Waals surface area contributed by atoms with Crippen LogP contribution in [0.25, 0.3) is 0 Å². The second-order valence-electron chi connectivity index (χ2n) is 2.48. The molecule has 0 aliphatic carbocycles. The van der Waals surface area contributed by atoms with Gasteiger partial charge in [0.1, 0.15) is 0 Å². The van der Waals surface area contributed by atoms with Crippen LogP contribution in [0, 0.1) is 0 Å². The number of rotatable bonds is 5. The zero-order valence-electron chi connectivity index (χ0n) is 7.59. The third-order valence-electron chi connectivity index (χ3n) is 1.87. The van der Waals surface area contributed by atoms with E-state index in [1.54, 1.807) is 21.3 Å². The molecule has 0 unspecified atom stereocenters. The molecule has 0 aliphatic rings. The molecule has 0 saturated carbocycles. The van der Waals surface area contributed by atoms with Gasteiger partial charge in [-0.25, -0.2) is 0 Å². The third-order valence-corrected chi connectivity index (χ3v) is 10.9. The summed E-state index contributed by atoms with van der Waals surface area (Å²) in [5.74, 6) is 0. The van der Waals surface area contributed by atoms with Crippen LogP contribution < -0.4 is 0 Å². The van der Waals surface area contributed by atoms with Crippen LogP contribution in [-0.2, 0) is 25.1 Å². The van der Waals surface area contributed by atoms with E-state index < -0.39 is 15.2 Å². The van der Waals surface area contributed by atoms with Crippen molar-refractivity contribution in [3.63, 3.8) is 0 Å². The van der Waals surface area contributed by atoms with E-state index in [1.807, 2.05) is 0 Å². The van der Waals surface area contributed by atoms with Crippen molar-refractivity contribution < 1.29 is 25.1 Å². The summed E-state index contributed by atoms with van der Waals surface area (Å²) in [6.07, 6.45) is 0.955. The first kappa shape index (κ1) is 11.9. The van der Waals surface area contributed by atoms with Crippen molar-refractivity contribution in [1.29, 1.82) is 0 Å². The normalized spacial score (nSPS) is 15.9. The summed E-state index contributed by atoms with van der Waals surface area (Å²) in [5, 5.41) is 0. The molecule has 0 rings (SSSR count). The summed E-state index contributed by atoms with van der Waals surface area (Å²) in [4.78, 5) is 0. The SMILES string of the molecule is CC[CH2][Ti]([SH])([O]C)([O]C)[O]C. The molecule has 0 heterocycles. The van der Waals surface area contributed by atoms with Gasteiger partial charge in [0.05, 0.1) is 0 Å². The van der Waals surface area contributed by atoms with E-state index in [9.17, 15) is 0 Å². The van der Waals surface area contributed by atoms with Gasteiger partial charge >= 0.3 is 74.7 Å². The molecule has 0 N–H and O–H groups in total. The van der Waals surface area contributed by atoms with Crippen molar-refractivity contribution in [2.45, 2.75) is 18.1 Å². The molecule has 0 bridgehead atoms. The van der Waals surface area contributed by atoms with E-state index in [0.717, 1.165) is 11.1 Å². The molecule has 0 fully saturated rings. The van der Waals surface area contributed by atoms with Crippen LogP contribution in [-0.4, -0.2) is 21.3 Å². The van der Waals surface area contributed by atoms with Gasteiger partial charge < -0.3 is 0 Å². The molecular weight excluding hydrogens is 200 g/mol. The van der Waals surface area contributed by atoms with E-state index in [4.69, 9.17) is 9.96 Å². The van der Waals surface area contributed by atoms with Crippen LogP contribution in [0.5, 0.6) is 0 Å². The molecule has 0 amide bonds. The van der Waals surface area contributed by atoms with Gasteiger partial charge in [0.15, 0.2) is 0 Å². The fourth-order valence-electron chi connectivity index (χ4n) is 0.974. The van der Waals surface area contributed by atoms with Crippen molar-refractivity contribution in [3.8, 4) is 0 Å². The Morgan fingerprint density at radius 3 is 1.55 bits per heavy atom. The first-order chi connectivity index (χ1) is 5.04. The predicted octanol–water partition coefficient (Wildman–Crippen LogP) is 2.03. The molecule has 0 atom stereocenters. The molecule has 0 radical (unpaired) electrons. The Balaban J connectivity index is 4.44. The summed E-state index contributed by atoms with van der Waals surface area (Å²) in [5.41, 5.74) is 0. The summed E-state index contributed by atoms with van der Waals surface area (Å²) in [7, 11) is 9.18. The molecule has 69 valence electrons.